The van der Waals surface area contributed by atoms with Crippen LogP contribution in [-0.2, 0) is 11.2 Å². The average molecular weight is 290 g/mol. The molecule has 21 heavy (non-hydrogen) atoms. The molecular formula is C17H26N2O2. The van der Waals surface area contributed by atoms with Crippen LogP contribution in [0, 0.1) is 5.92 Å². The molecule has 1 fully saturated rings. The second kappa shape index (κ2) is 8.67. The summed E-state index contributed by atoms with van der Waals surface area (Å²) in [6.07, 6.45) is 5.39. The van der Waals surface area contributed by atoms with Crippen molar-refractivity contribution in [2.24, 2.45) is 5.92 Å². The lowest BCUT2D eigenvalue weighted by molar-refractivity contribution is 0.0520. The van der Waals surface area contributed by atoms with Crippen LogP contribution in [0.2, 0.25) is 0 Å². The number of aryl methyl sites for hydroxylation is 1. The van der Waals surface area contributed by atoms with Gasteiger partial charge in [-0.2, -0.15) is 0 Å². The Hall–Kier alpha value is -1.55. The van der Waals surface area contributed by atoms with Crippen molar-refractivity contribution in [2.75, 3.05) is 25.1 Å². The van der Waals surface area contributed by atoms with Crippen molar-refractivity contribution >= 4 is 11.7 Å². The van der Waals surface area contributed by atoms with Gasteiger partial charge < -0.3 is 15.4 Å². The van der Waals surface area contributed by atoms with Crippen molar-refractivity contribution in [3.05, 3.63) is 29.8 Å². The molecule has 1 aliphatic rings. The molecule has 0 aromatic heterocycles. The Labute approximate surface area is 127 Å². The summed E-state index contributed by atoms with van der Waals surface area (Å²) in [7, 11) is 0. The van der Waals surface area contributed by atoms with E-state index in [2.05, 4.69) is 23.6 Å². The Morgan fingerprint density at radius 3 is 3.00 bits per heavy atom. The number of rotatable bonds is 6. The lowest BCUT2D eigenvalue weighted by atomic mass is 9.99. The van der Waals surface area contributed by atoms with Gasteiger partial charge in [-0.05, 0) is 43.2 Å². The monoisotopic (exact) mass is 290 g/mol. The van der Waals surface area contributed by atoms with Gasteiger partial charge in [0.05, 0.1) is 0 Å². The number of hydrogen-bond acceptors (Lipinski definition) is 2. The first-order chi connectivity index (χ1) is 10.3. The number of amides is 2. The molecule has 0 aliphatic carbocycles. The van der Waals surface area contributed by atoms with Crippen molar-refractivity contribution in [1.82, 2.24) is 5.32 Å². The van der Waals surface area contributed by atoms with Crippen molar-refractivity contribution in [2.45, 2.75) is 39.0 Å². The molecule has 0 radical (unpaired) electrons. The van der Waals surface area contributed by atoms with E-state index < -0.39 is 0 Å². The number of benzene rings is 1. The van der Waals surface area contributed by atoms with Gasteiger partial charge in [0.25, 0.3) is 0 Å². The molecule has 1 saturated heterocycles. The molecule has 2 N–H and O–H groups in total. The molecule has 1 aromatic carbocycles. The van der Waals surface area contributed by atoms with E-state index in [-0.39, 0.29) is 6.03 Å². The number of nitrogens with one attached hydrogen (secondary N) is 2. The Morgan fingerprint density at radius 2 is 2.24 bits per heavy atom. The number of ether oxygens (including phenoxy) is 1. The fourth-order valence-electron chi connectivity index (χ4n) is 2.72. The number of carbonyl (C=O) groups is 1. The van der Waals surface area contributed by atoms with E-state index in [9.17, 15) is 4.79 Å². The lowest BCUT2D eigenvalue weighted by Crippen LogP contribution is -2.32. The van der Waals surface area contributed by atoms with Crippen molar-refractivity contribution in [3.63, 3.8) is 0 Å². The molecule has 4 nitrogen and oxygen atoms in total. The largest absolute Gasteiger partial charge is 0.381 e. The van der Waals surface area contributed by atoms with E-state index in [0.29, 0.717) is 12.5 Å². The molecule has 116 valence electrons. The number of hydrogen-bond donors (Lipinski definition) is 2. The third kappa shape index (κ3) is 5.38. The van der Waals surface area contributed by atoms with E-state index in [0.717, 1.165) is 44.6 Å². The van der Waals surface area contributed by atoms with Crippen LogP contribution in [0.3, 0.4) is 0 Å². The highest BCUT2D eigenvalue weighted by Gasteiger charge is 2.14. The van der Waals surface area contributed by atoms with Gasteiger partial charge in [0, 0.05) is 25.4 Å². The summed E-state index contributed by atoms with van der Waals surface area (Å²) in [4.78, 5) is 12.0. The zero-order chi connectivity index (χ0) is 14.9. The molecule has 0 spiro atoms. The Balaban J connectivity index is 1.73. The van der Waals surface area contributed by atoms with E-state index in [1.807, 2.05) is 18.2 Å². The lowest BCUT2D eigenvalue weighted by Gasteiger charge is -2.22. The summed E-state index contributed by atoms with van der Waals surface area (Å²) in [5, 5.41) is 5.89. The van der Waals surface area contributed by atoms with E-state index >= 15 is 0 Å². The normalized spacial score (nSPS) is 18.2. The SMILES string of the molecule is CCCc1ccccc1NC(=O)NCC[C@H]1CCCOC1. The van der Waals surface area contributed by atoms with Crippen LogP contribution in [0.15, 0.2) is 24.3 Å². The fraction of sp³-hybridized carbons (Fsp3) is 0.588. The van der Waals surface area contributed by atoms with Crippen LogP contribution in [-0.4, -0.2) is 25.8 Å². The van der Waals surface area contributed by atoms with Gasteiger partial charge in [-0.15, -0.1) is 0 Å². The number of para-hydroxylation sites is 1. The number of carbonyl (C=O) groups excluding carboxylic acids is 1. The maximum atomic E-state index is 12.0. The predicted octanol–water partition coefficient (Wildman–Crippen LogP) is 3.58. The number of urea groups is 1. The third-order valence-electron chi connectivity index (χ3n) is 3.88. The third-order valence-corrected chi connectivity index (χ3v) is 3.88. The minimum atomic E-state index is -0.115. The van der Waals surface area contributed by atoms with Crippen LogP contribution in [0.5, 0.6) is 0 Å². The van der Waals surface area contributed by atoms with Crippen LogP contribution in [0.1, 0.15) is 38.2 Å². The quantitative estimate of drug-likeness (QED) is 0.841. The van der Waals surface area contributed by atoms with Crippen molar-refractivity contribution in [1.29, 1.82) is 0 Å². The first kappa shape index (κ1) is 15.8. The maximum Gasteiger partial charge on any atom is 0.319 e. The standard InChI is InChI=1S/C17H26N2O2/c1-2-6-15-8-3-4-9-16(15)19-17(20)18-11-10-14-7-5-12-21-13-14/h3-4,8-9,14H,2,5-7,10-13H2,1H3,(H2,18,19,20)/t14-/m1/s1. The zero-order valence-corrected chi connectivity index (χ0v) is 12.9. The van der Waals surface area contributed by atoms with Crippen LogP contribution < -0.4 is 10.6 Å². The summed E-state index contributed by atoms with van der Waals surface area (Å²) < 4.78 is 5.45. The summed E-state index contributed by atoms with van der Waals surface area (Å²) in [6.45, 7) is 4.57. The van der Waals surface area contributed by atoms with Gasteiger partial charge in [0.15, 0.2) is 0 Å². The summed E-state index contributed by atoms with van der Waals surface area (Å²) in [5.74, 6) is 0.589. The molecule has 0 saturated carbocycles. The Morgan fingerprint density at radius 1 is 1.38 bits per heavy atom. The molecule has 1 aromatic rings. The number of anilines is 1. The Kier molecular flexibility index (Phi) is 6.54. The first-order valence-electron chi connectivity index (χ1n) is 8.00. The molecule has 0 bridgehead atoms. The van der Waals surface area contributed by atoms with E-state index in [4.69, 9.17) is 4.74 Å². The average Bonchev–Trinajstić information content (AvgIpc) is 2.50. The van der Waals surface area contributed by atoms with E-state index in [1.165, 1.54) is 12.0 Å². The Bertz CT molecular complexity index is 442. The highest BCUT2D eigenvalue weighted by molar-refractivity contribution is 5.90. The van der Waals surface area contributed by atoms with Gasteiger partial charge in [0.2, 0.25) is 0 Å². The minimum absolute atomic E-state index is 0.115. The molecule has 1 heterocycles. The van der Waals surface area contributed by atoms with Crippen LogP contribution in [0.4, 0.5) is 10.5 Å². The van der Waals surface area contributed by atoms with Gasteiger partial charge >= 0.3 is 6.03 Å². The predicted molar refractivity (Wildman–Crippen MR) is 85.6 cm³/mol. The van der Waals surface area contributed by atoms with Crippen molar-refractivity contribution < 1.29 is 9.53 Å². The highest BCUT2D eigenvalue weighted by Crippen LogP contribution is 2.17. The molecule has 4 heteroatoms. The van der Waals surface area contributed by atoms with Crippen LogP contribution in [0.25, 0.3) is 0 Å². The second-order valence-electron chi connectivity index (χ2n) is 5.66. The molecule has 1 aliphatic heterocycles. The summed E-state index contributed by atoms with van der Waals surface area (Å²) >= 11 is 0. The topological polar surface area (TPSA) is 50.4 Å². The highest BCUT2D eigenvalue weighted by atomic mass is 16.5. The van der Waals surface area contributed by atoms with Gasteiger partial charge in [-0.25, -0.2) is 4.79 Å². The zero-order valence-electron chi connectivity index (χ0n) is 12.9. The summed E-state index contributed by atoms with van der Waals surface area (Å²) in [6, 6.07) is 7.87. The molecule has 0 unspecified atom stereocenters. The smallest absolute Gasteiger partial charge is 0.319 e. The molecule has 2 amide bonds. The van der Waals surface area contributed by atoms with Gasteiger partial charge in [-0.3, -0.25) is 0 Å². The van der Waals surface area contributed by atoms with E-state index in [1.54, 1.807) is 0 Å². The second-order valence-corrected chi connectivity index (χ2v) is 5.66. The summed E-state index contributed by atoms with van der Waals surface area (Å²) in [5.41, 5.74) is 2.11. The fourth-order valence-corrected chi connectivity index (χ4v) is 2.72. The molecular weight excluding hydrogens is 264 g/mol. The van der Waals surface area contributed by atoms with Crippen LogP contribution >= 0.6 is 0 Å². The first-order valence-corrected chi connectivity index (χ1v) is 8.00. The maximum absolute atomic E-state index is 12.0. The van der Waals surface area contributed by atoms with Gasteiger partial charge in [0.1, 0.15) is 0 Å². The van der Waals surface area contributed by atoms with Gasteiger partial charge in [-0.1, -0.05) is 31.5 Å². The molecule has 2 rings (SSSR count). The molecule has 1 atom stereocenters. The minimum Gasteiger partial charge on any atom is -0.381 e. The van der Waals surface area contributed by atoms with Crippen molar-refractivity contribution in [3.8, 4) is 0 Å².